The van der Waals surface area contributed by atoms with Crippen molar-refractivity contribution in [2.45, 2.75) is 77.8 Å². The van der Waals surface area contributed by atoms with E-state index in [1.807, 2.05) is 0 Å². The van der Waals surface area contributed by atoms with Gasteiger partial charge in [0, 0.05) is 12.8 Å². The van der Waals surface area contributed by atoms with Crippen LogP contribution in [0.3, 0.4) is 0 Å². The Hall–Kier alpha value is 0.236. The first kappa shape index (κ1) is 26.5. The monoisotopic (exact) mass is 368 g/mol. The summed E-state index contributed by atoms with van der Waals surface area (Å²) in [5, 5.41) is 30.8. The molecule has 3 atom stereocenters. The summed E-state index contributed by atoms with van der Waals surface area (Å²) in [6.07, 6.45) is 8.79. The summed E-state index contributed by atoms with van der Waals surface area (Å²) in [7, 11) is 0. The number of carboxylic acid groups (broad SMARTS) is 2. The fourth-order valence-electron chi connectivity index (χ4n) is 3.05. The van der Waals surface area contributed by atoms with E-state index in [2.05, 4.69) is 6.92 Å². The Morgan fingerprint density at radius 1 is 1.08 bits per heavy atom. The Kier molecular flexibility index (Phi) is 15.9. The van der Waals surface area contributed by atoms with Gasteiger partial charge in [-0.05, 0) is 18.9 Å². The minimum Gasteiger partial charge on any atom is -0.544 e. The van der Waals surface area contributed by atoms with Crippen LogP contribution in [0.1, 0.15) is 65.7 Å². The minimum atomic E-state index is -1.34. The average molecular weight is 369 g/mol. The maximum absolute atomic E-state index is 11.6. The van der Waals surface area contributed by atoms with E-state index in [1.54, 1.807) is 26.1 Å². The van der Waals surface area contributed by atoms with Gasteiger partial charge in [-0.3, -0.25) is 4.48 Å². The molecule has 0 aromatic heterocycles. The van der Waals surface area contributed by atoms with E-state index in [4.69, 9.17) is 0 Å². The summed E-state index contributed by atoms with van der Waals surface area (Å²) in [4.78, 5) is 23.1. The number of nitrogens with zero attached hydrogens (tertiary/aromatic N) is 1. The van der Waals surface area contributed by atoms with Gasteiger partial charge in [-0.2, -0.15) is 0 Å². The van der Waals surface area contributed by atoms with Crippen molar-refractivity contribution in [3.8, 4) is 0 Å². The van der Waals surface area contributed by atoms with Crippen LogP contribution in [0.25, 0.3) is 0 Å². The number of rotatable bonds is 13. The second kappa shape index (κ2) is 14.4. The molecule has 0 saturated heterocycles. The zero-order valence-electron chi connectivity index (χ0n) is 15.5. The van der Waals surface area contributed by atoms with Gasteiger partial charge in [0.25, 0.3) is 0 Å². The third-order valence-corrected chi connectivity index (χ3v) is 4.34. The molecule has 0 rings (SSSR count). The van der Waals surface area contributed by atoms with Gasteiger partial charge in [0.1, 0.15) is 6.04 Å². The van der Waals surface area contributed by atoms with Gasteiger partial charge in [0.15, 0.2) is 12.8 Å². The molecule has 0 spiro atoms. The third kappa shape index (κ3) is 7.64. The second-order valence-electron chi connectivity index (χ2n) is 5.88. The van der Waals surface area contributed by atoms with E-state index in [9.17, 15) is 24.9 Å². The molecular weight excluding hydrogens is 337 g/mol. The number of hydrogen-bond donors (Lipinski definition) is 2. The number of unbranched alkanes of at least 4 members (excludes halogenated alkanes) is 4. The summed E-state index contributed by atoms with van der Waals surface area (Å²) >= 11 is 0. The second-order valence-corrected chi connectivity index (χ2v) is 5.88. The zero-order chi connectivity index (χ0) is 17.9. The predicted octanol–water partition coefficient (Wildman–Crippen LogP) is -1.37. The fourth-order valence-corrected chi connectivity index (χ4v) is 3.05. The van der Waals surface area contributed by atoms with Crippen LogP contribution in [-0.4, -0.2) is 45.4 Å². The molecule has 0 aromatic carbocycles. The molecule has 0 saturated carbocycles. The van der Waals surface area contributed by atoms with E-state index >= 15 is 0 Å². The maximum atomic E-state index is 11.6. The Bertz CT molecular complexity index is 378. The van der Waals surface area contributed by atoms with Crippen molar-refractivity contribution in [1.29, 1.82) is 0 Å². The molecule has 0 bridgehead atoms. The number of carbonyl (C=O) groups is 2. The molecule has 0 amide bonds. The largest absolute Gasteiger partial charge is 1.00 e. The first-order valence-corrected chi connectivity index (χ1v) is 8.50. The Morgan fingerprint density at radius 3 is 2.04 bits per heavy atom. The van der Waals surface area contributed by atoms with Crippen LogP contribution in [0.5, 0.6) is 0 Å². The summed E-state index contributed by atoms with van der Waals surface area (Å²) in [6.45, 7) is 4.88. The number of aliphatic carboxylic acids is 2. The van der Waals surface area contributed by atoms with Crippen LogP contribution in [0.15, 0.2) is 12.3 Å². The van der Waals surface area contributed by atoms with Crippen molar-refractivity contribution < 1.29 is 80.8 Å². The van der Waals surface area contributed by atoms with Gasteiger partial charge < -0.3 is 20.1 Å². The van der Waals surface area contributed by atoms with E-state index in [0.29, 0.717) is 0 Å². The number of aliphatic hydroxyl groups excluding tert-OH is 1. The van der Waals surface area contributed by atoms with Gasteiger partial charge in [-0.25, -0.2) is 4.79 Å². The smallest absolute Gasteiger partial charge is 0.544 e. The molecule has 6 nitrogen and oxygen atoms in total. The number of quaternary nitrogens is 1. The molecule has 0 heterocycles. The number of carbonyl (C=O) groups excluding carboxylic acids is 1. The number of allylic oxidation sites excluding steroid dienone is 1. The van der Waals surface area contributed by atoms with Crippen LogP contribution in [0.4, 0.5) is 0 Å². The van der Waals surface area contributed by atoms with Crippen LogP contribution < -0.4 is 56.5 Å². The third-order valence-electron chi connectivity index (χ3n) is 4.34. The van der Waals surface area contributed by atoms with Crippen molar-refractivity contribution >= 4 is 11.9 Å². The van der Waals surface area contributed by atoms with E-state index in [1.165, 1.54) is 0 Å². The van der Waals surface area contributed by atoms with Crippen molar-refractivity contribution in [3.05, 3.63) is 12.3 Å². The molecule has 2 N–H and O–H groups in total. The summed E-state index contributed by atoms with van der Waals surface area (Å²) in [5.41, 5.74) is 0. The summed E-state index contributed by atoms with van der Waals surface area (Å²) < 4.78 is -0.515. The van der Waals surface area contributed by atoms with Gasteiger partial charge in [0.05, 0.1) is 12.2 Å². The molecule has 0 aromatic rings. The molecule has 7 heteroatoms. The molecule has 24 heavy (non-hydrogen) atoms. The number of hydrogen-bond acceptors (Lipinski definition) is 4. The van der Waals surface area contributed by atoms with Crippen molar-refractivity contribution in [2.24, 2.45) is 0 Å². The van der Waals surface area contributed by atoms with Crippen molar-refractivity contribution in [1.82, 2.24) is 0 Å². The van der Waals surface area contributed by atoms with E-state index in [0.717, 1.165) is 32.1 Å². The molecule has 0 fully saturated rings. The number of carboxylic acids is 2. The van der Waals surface area contributed by atoms with Crippen molar-refractivity contribution in [3.63, 3.8) is 0 Å². The standard InChI is InChI=1S/C17H31NO5.K/c1-4-7-8-9-10-11-12-18(13-19,14(5-2)16(20)21)15(6-3)17(22)23;/h11-12,14-15,19H,4-10,13H2,1-3H3,(H-,20,21,22,23);/q;+1/b12-11+;. The molecule has 134 valence electrons. The number of aliphatic hydroxyl groups is 1. The van der Waals surface area contributed by atoms with Gasteiger partial charge in [-0.1, -0.05) is 40.0 Å². The SMILES string of the molecule is CCCCCC/C=C/[N+](CO)(C(CC)C(=O)[O-])C(CC)C(=O)O.[K+]. The van der Waals surface area contributed by atoms with Crippen LogP contribution >= 0.6 is 0 Å². The van der Waals surface area contributed by atoms with Crippen LogP contribution in [0.2, 0.25) is 0 Å². The minimum absolute atomic E-state index is 0. The molecule has 0 aliphatic carbocycles. The topological polar surface area (TPSA) is 97.7 Å². The van der Waals surface area contributed by atoms with E-state index < -0.39 is 35.2 Å². The molecular formula is C17H31KNO5+. The van der Waals surface area contributed by atoms with Gasteiger partial charge >= 0.3 is 57.4 Å². The predicted molar refractivity (Wildman–Crippen MR) is 86.0 cm³/mol. The Balaban J connectivity index is 0. The normalized spacial score (nSPS) is 16.2. The van der Waals surface area contributed by atoms with Gasteiger partial charge in [0.2, 0.25) is 0 Å². The molecule has 0 radical (unpaired) electrons. The average Bonchev–Trinajstić information content (AvgIpc) is 2.50. The van der Waals surface area contributed by atoms with Crippen molar-refractivity contribution in [2.75, 3.05) is 6.73 Å². The molecule has 3 unspecified atom stereocenters. The molecule has 0 aliphatic heterocycles. The van der Waals surface area contributed by atoms with Crippen LogP contribution in [-0.2, 0) is 9.59 Å². The molecule has 0 aliphatic rings. The maximum Gasteiger partial charge on any atom is 1.00 e. The zero-order valence-corrected chi connectivity index (χ0v) is 18.7. The first-order chi connectivity index (χ1) is 10.9. The van der Waals surface area contributed by atoms with Gasteiger partial charge in [-0.15, -0.1) is 0 Å². The summed E-state index contributed by atoms with van der Waals surface area (Å²) in [5.74, 6) is -2.45. The first-order valence-electron chi connectivity index (χ1n) is 8.50. The fraction of sp³-hybridized carbons (Fsp3) is 0.765. The van der Waals surface area contributed by atoms with E-state index in [-0.39, 0.29) is 64.2 Å². The summed E-state index contributed by atoms with van der Waals surface area (Å²) in [6, 6.07) is -2.11. The Morgan fingerprint density at radius 2 is 1.67 bits per heavy atom. The quantitative estimate of drug-likeness (QED) is 0.181. The Labute approximate surface area is 187 Å². The van der Waals surface area contributed by atoms with Crippen LogP contribution in [0, 0.1) is 0 Å².